The molecular weight excluding hydrogens is 356 g/mol. The molecule has 0 bridgehead atoms. The van der Waals surface area contributed by atoms with Gasteiger partial charge in [0, 0.05) is 11.5 Å². The van der Waals surface area contributed by atoms with Gasteiger partial charge in [0.05, 0.1) is 38.2 Å². The zero-order chi connectivity index (χ0) is 20.6. The van der Waals surface area contributed by atoms with Gasteiger partial charge in [0.2, 0.25) is 0 Å². The number of fused-ring (bicyclic) bond motifs is 1. The monoisotopic (exact) mass is 384 g/mol. The van der Waals surface area contributed by atoms with E-state index in [1.54, 1.807) is 31.2 Å². The van der Waals surface area contributed by atoms with Crippen molar-refractivity contribution >= 4 is 10.9 Å². The van der Waals surface area contributed by atoms with E-state index in [0.29, 0.717) is 23.6 Å². The van der Waals surface area contributed by atoms with Crippen LogP contribution < -0.4 is 15.0 Å². The molecule has 2 aromatic heterocycles. The topological polar surface area (TPSA) is 71.2 Å². The molecule has 0 aliphatic heterocycles. The summed E-state index contributed by atoms with van der Waals surface area (Å²) in [5.74, 6) is 1.51. The third kappa shape index (κ3) is 3.61. The van der Waals surface area contributed by atoms with E-state index in [1.807, 2.05) is 32.9 Å². The summed E-state index contributed by atoms with van der Waals surface area (Å²) >= 11 is 0. The molecule has 0 aliphatic rings. The zero-order valence-corrected chi connectivity index (χ0v) is 17.6. The zero-order valence-electron chi connectivity index (χ0n) is 17.6. The Balaban J connectivity index is 2.22. The average molecular weight is 384 g/mol. The summed E-state index contributed by atoms with van der Waals surface area (Å²) in [7, 11) is 3.21. The maximum absolute atomic E-state index is 13.3. The Labute approximate surface area is 164 Å². The number of hydrogen-bond acceptors (Lipinski definition) is 5. The van der Waals surface area contributed by atoms with Gasteiger partial charge in [0.25, 0.3) is 5.56 Å². The van der Waals surface area contributed by atoms with Crippen LogP contribution in [0.5, 0.6) is 11.5 Å². The van der Waals surface area contributed by atoms with Crippen molar-refractivity contribution in [3.63, 3.8) is 0 Å². The van der Waals surface area contributed by atoms with Gasteiger partial charge < -0.3 is 9.47 Å². The third-order valence-electron chi connectivity index (χ3n) is 4.64. The molecule has 7 heteroatoms. The number of hydrogen-bond donors (Lipinski definition) is 0. The fourth-order valence-corrected chi connectivity index (χ4v) is 3.27. The van der Waals surface area contributed by atoms with Crippen molar-refractivity contribution in [3.8, 4) is 11.5 Å². The summed E-state index contributed by atoms with van der Waals surface area (Å²) in [6.07, 6.45) is 1.75. The Hall–Kier alpha value is -2.83. The van der Waals surface area contributed by atoms with Crippen LogP contribution in [0.25, 0.3) is 10.9 Å². The lowest BCUT2D eigenvalue weighted by Gasteiger charge is -2.21. The van der Waals surface area contributed by atoms with Gasteiger partial charge in [-0.1, -0.05) is 13.8 Å². The molecule has 0 amide bonds. The van der Waals surface area contributed by atoms with Crippen molar-refractivity contribution < 1.29 is 9.47 Å². The molecule has 7 nitrogen and oxygen atoms in total. The molecule has 0 unspecified atom stereocenters. The molecule has 0 aliphatic carbocycles. The van der Waals surface area contributed by atoms with E-state index in [2.05, 4.69) is 24.0 Å². The Morgan fingerprint density at radius 3 is 2.18 bits per heavy atom. The molecule has 0 radical (unpaired) electrons. The summed E-state index contributed by atoms with van der Waals surface area (Å²) in [5, 5.41) is 9.98. The molecule has 1 aromatic carbocycles. The van der Waals surface area contributed by atoms with Crippen LogP contribution in [0, 0.1) is 0 Å². The van der Waals surface area contributed by atoms with Crippen LogP contribution in [0.2, 0.25) is 0 Å². The lowest BCUT2D eigenvalue weighted by molar-refractivity contribution is 0.366. The molecular formula is C21H28N4O3. The van der Waals surface area contributed by atoms with E-state index in [9.17, 15) is 4.79 Å². The normalized spacial score (nSPS) is 12.0. The Morgan fingerprint density at radius 2 is 1.68 bits per heavy atom. The molecule has 0 N–H and O–H groups in total. The summed E-state index contributed by atoms with van der Waals surface area (Å²) in [6.45, 7) is 10.6. The van der Waals surface area contributed by atoms with Gasteiger partial charge >= 0.3 is 0 Å². The lowest BCUT2D eigenvalue weighted by atomic mass is 10.1. The smallest absolute Gasteiger partial charge is 0.293 e. The molecule has 0 saturated carbocycles. The summed E-state index contributed by atoms with van der Waals surface area (Å²) in [6, 6.07) is 5.57. The quantitative estimate of drug-likeness (QED) is 0.673. The van der Waals surface area contributed by atoms with E-state index in [4.69, 9.17) is 9.47 Å². The second-order valence-corrected chi connectivity index (χ2v) is 8.21. The van der Waals surface area contributed by atoms with Crippen LogP contribution in [-0.2, 0) is 12.1 Å². The first-order valence-corrected chi connectivity index (χ1v) is 9.37. The minimum absolute atomic E-state index is 0.159. The number of methoxy groups -OCH3 is 2. The Morgan fingerprint density at radius 1 is 1.07 bits per heavy atom. The Bertz CT molecular complexity index is 1040. The van der Waals surface area contributed by atoms with Gasteiger partial charge in [-0.3, -0.25) is 9.48 Å². The van der Waals surface area contributed by atoms with E-state index in [0.717, 1.165) is 16.6 Å². The van der Waals surface area contributed by atoms with Crippen LogP contribution in [0.3, 0.4) is 0 Å². The first kappa shape index (κ1) is 19.9. The summed E-state index contributed by atoms with van der Waals surface area (Å²) < 4.78 is 14.0. The highest BCUT2D eigenvalue weighted by molar-refractivity contribution is 5.80. The van der Waals surface area contributed by atoms with Crippen molar-refractivity contribution in [1.29, 1.82) is 0 Å². The first-order valence-electron chi connectivity index (χ1n) is 9.37. The van der Waals surface area contributed by atoms with Crippen molar-refractivity contribution in [2.45, 2.75) is 52.6 Å². The molecule has 3 aromatic rings. The van der Waals surface area contributed by atoms with Crippen LogP contribution in [-0.4, -0.2) is 33.8 Å². The number of nitrogens with zero attached hydrogens (tertiary/aromatic N) is 4. The van der Waals surface area contributed by atoms with E-state index >= 15 is 0 Å². The van der Waals surface area contributed by atoms with E-state index in [1.165, 1.54) is 4.68 Å². The maximum atomic E-state index is 13.3. The summed E-state index contributed by atoms with van der Waals surface area (Å²) in [4.78, 5) is 13.3. The molecule has 150 valence electrons. The second-order valence-electron chi connectivity index (χ2n) is 8.21. The van der Waals surface area contributed by atoms with E-state index < -0.39 is 0 Å². The van der Waals surface area contributed by atoms with Crippen LogP contribution in [0.4, 0.5) is 0 Å². The van der Waals surface area contributed by atoms with Crippen molar-refractivity contribution in [1.82, 2.24) is 19.6 Å². The predicted molar refractivity (Wildman–Crippen MR) is 110 cm³/mol. The minimum atomic E-state index is -0.312. The fourth-order valence-electron chi connectivity index (χ4n) is 3.27. The highest BCUT2D eigenvalue weighted by Crippen LogP contribution is 2.26. The van der Waals surface area contributed by atoms with Gasteiger partial charge in [0.15, 0.2) is 0 Å². The summed E-state index contributed by atoms with van der Waals surface area (Å²) in [5.41, 5.74) is 1.85. The van der Waals surface area contributed by atoms with E-state index in [-0.39, 0.29) is 17.0 Å². The second kappa shape index (κ2) is 7.30. The van der Waals surface area contributed by atoms with Crippen LogP contribution in [0.15, 0.2) is 29.2 Å². The highest BCUT2D eigenvalue weighted by Gasteiger charge is 2.23. The van der Waals surface area contributed by atoms with Gasteiger partial charge in [-0.25, -0.2) is 4.68 Å². The maximum Gasteiger partial charge on any atom is 0.293 e. The van der Waals surface area contributed by atoms with Crippen LogP contribution >= 0.6 is 0 Å². The first-order chi connectivity index (χ1) is 13.2. The minimum Gasteiger partial charge on any atom is -0.497 e. The predicted octanol–water partition coefficient (Wildman–Crippen LogP) is 3.54. The number of rotatable bonds is 5. The number of aromatic nitrogens is 4. The standard InChI is InChI=1S/C21H28N4O3/c1-13(2)18-17-11-22-25(21(3,4)5)19(17)20(26)24(23-18)12-14-8-15(27-6)10-16(9-14)28-7/h8-11,13H,12H2,1-7H3. The largest absolute Gasteiger partial charge is 0.497 e. The highest BCUT2D eigenvalue weighted by atomic mass is 16.5. The SMILES string of the molecule is COc1cc(Cn2nc(C(C)C)c3cnn(C(C)(C)C)c3c2=O)cc(OC)c1. The van der Waals surface area contributed by atoms with Gasteiger partial charge in [-0.05, 0) is 44.4 Å². The Kier molecular flexibility index (Phi) is 5.19. The molecule has 2 heterocycles. The third-order valence-corrected chi connectivity index (χ3v) is 4.64. The van der Waals surface area contributed by atoms with Gasteiger partial charge in [-0.2, -0.15) is 10.2 Å². The average Bonchev–Trinajstić information content (AvgIpc) is 3.09. The molecule has 28 heavy (non-hydrogen) atoms. The molecule has 0 fully saturated rings. The van der Waals surface area contributed by atoms with Crippen molar-refractivity contribution in [2.24, 2.45) is 0 Å². The van der Waals surface area contributed by atoms with Crippen molar-refractivity contribution in [3.05, 3.63) is 46.0 Å². The molecule has 0 spiro atoms. The lowest BCUT2D eigenvalue weighted by Crippen LogP contribution is -2.31. The van der Waals surface area contributed by atoms with Crippen molar-refractivity contribution in [2.75, 3.05) is 14.2 Å². The fraction of sp³-hybridized carbons (Fsp3) is 0.476. The number of ether oxygens (including phenoxy) is 2. The number of benzene rings is 1. The molecule has 0 atom stereocenters. The van der Waals surface area contributed by atoms with Crippen LogP contribution in [0.1, 0.15) is 51.8 Å². The van der Waals surface area contributed by atoms with Gasteiger partial charge in [-0.15, -0.1) is 0 Å². The molecule has 3 rings (SSSR count). The van der Waals surface area contributed by atoms with Gasteiger partial charge in [0.1, 0.15) is 17.0 Å². The molecule has 0 saturated heterocycles.